The van der Waals surface area contributed by atoms with Crippen LogP contribution in [0.25, 0.3) is 0 Å². The molecule has 1 spiro atoms. The van der Waals surface area contributed by atoms with Gasteiger partial charge in [0.05, 0.1) is 12.1 Å². The Kier molecular flexibility index (Phi) is 3.98. The Morgan fingerprint density at radius 3 is 2.48 bits per heavy atom. The number of aliphatic hydroxyl groups excluding tert-OH is 1. The number of nitrogens with zero attached hydrogens (tertiary/aromatic N) is 4. The monoisotopic (exact) mass is 364 g/mol. The molecule has 0 bridgehead atoms. The summed E-state index contributed by atoms with van der Waals surface area (Å²) in [7, 11) is 0. The molecule has 2 aromatic rings. The molecule has 2 saturated heterocycles. The second kappa shape index (κ2) is 6.39. The Hall–Kier alpha value is -2.31. The summed E-state index contributed by atoms with van der Waals surface area (Å²) in [6, 6.07) is 10.5. The fourth-order valence-electron chi connectivity index (χ4n) is 4.98. The molecule has 3 aliphatic rings. The van der Waals surface area contributed by atoms with Gasteiger partial charge in [-0.1, -0.05) is 30.3 Å². The highest BCUT2D eigenvalue weighted by Crippen LogP contribution is 2.55. The van der Waals surface area contributed by atoms with Crippen LogP contribution in [-0.4, -0.2) is 62.1 Å². The van der Waals surface area contributed by atoms with Crippen molar-refractivity contribution in [2.45, 2.75) is 36.9 Å². The van der Waals surface area contributed by atoms with E-state index in [1.54, 1.807) is 0 Å². The molecule has 1 amide bonds. The fraction of sp³-hybridized carbons (Fsp3) is 0.476. The largest absolute Gasteiger partial charge is 0.395 e. The molecule has 0 unspecified atom stereocenters. The van der Waals surface area contributed by atoms with Crippen LogP contribution in [0.1, 0.15) is 29.9 Å². The number of benzene rings is 1. The van der Waals surface area contributed by atoms with E-state index in [0.717, 1.165) is 31.5 Å². The lowest BCUT2D eigenvalue weighted by Gasteiger charge is -2.71. The van der Waals surface area contributed by atoms with Crippen molar-refractivity contribution in [3.8, 4) is 0 Å². The van der Waals surface area contributed by atoms with Gasteiger partial charge < -0.3 is 10.0 Å². The molecule has 140 valence electrons. The van der Waals surface area contributed by atoms with Gasteiger partial charge in [-0.2, -0.15) is 0 Å². The zero-order chi connectivity index (χ0) is 18.4. The van der Waals surface area contributed by atoms with Gasteiger partial charge in [-0.05, 0) is 18.4 Å². The number of hydrogen-bond acceptors (Lipinski definition) is 5. The normalized spacial score (nSPS) is 26.5. The standard InChI is InChI=1S/C21H24N4O2/c26-11-18-19(16-4-2-1-3-5-16)21(12-24(13-21)20(27)17-6-7-17)25(18)10-15-8-22-14-23-9-15/h1-5,8-9,14,17-19,26H,6-7,10-13H2/t18-,19+/m1/s1. The van der Waals surface area contributed by atoms with Gasteiger partial charge >= 0.3 is 0 Å². The Morgan fingerprint density at radius 2 is 1.85 bits per heavy atom. The van der Waals surface area contributed by atoms with Crippen molar-refractivity contribution in [3.63, 3.8) is 0 Å². The van der Waals surface area contributed by atoms with E-state index in [1.165, 1.54) is 11.9 Å². The molecule has 1 aliphatic carbocycles. The quantitative estimate of drug-likeness (QED) is 0.869. The van der Waals surface area contributed by atoms with Crippen LogP contribution in [0.15, 0.2) is 49.1 Å². The smallest absolute Gasteiger partial charge is 0.225 e. The van der Waals surface area contributed by atoms with E-state index in [9.17, 15) is 9.90 Å². The van der Waals surface area contributed by atoms with E-state index in [4.69, 9.17) is 0 Å². The Bertz CT molecular complexity index is 819. The van der Waals surface area contributed by atoms with Crippen LogP contribution in [0, 0.1) is 5.92 Å². The summed E-state index contributed by atoms with van der Waals surface area (Å²) in [6.45, 7) is 2.28. The zero-order valence-electron chi connectivity index (χ0n) is 15.2. The van der Waals surface area contributed by atoms with Gasteiger partial charge in [0.15, 0.2) is 0 Å². The highest BCUT2D eigenvalue weighted by atomic mass is 16.3. The van der Waals surface area contributed by atoms with Crippen LogP contribution in [0.2, 0.25) is 0 Å². The summed E-state index contributed by atoms with van der Waals surface area (Å²) >= 11 is 0. The molecule has 6 nitrogen and oxygen atoms in total. The minimum atomic E-state index is -0.102. The first kappa shape index (κ1) is 16.8. The Balaban J connectivity index is 1.43. The number of carbonyl (C=O) groups excluding carboxylic acids is 1. The molecular formula is C21H24N4O2. The van der Waals surface area contributed by atoms with E-state index in [0.29, 0.717) is 12.5 Å². The summed E-state index contributed by atoms with van der Waals surface area (Å²) in [6.07, 6.45) is 7.27. The molecule has 1 aromatic carbocycles. The third-order valence-corrected chi connectivity index (χ3v) is 6.42. The maximum absolute atomic E-state index is 12.5. The lowest BCUT2D eigenvalue weighted by Crippen LogP contribution is -2.84. The number of rotatable bonds is 5. The fourth-order valence-corrected chi connectivity index (χ4v) is 4.98. The highest BCUT2D eigenvalue weighted by molar-refractivity contribution is 5.82. The number of aliphatic hydroxyl groups is 1. The lowest BCUT2D eigenvalue weighted by atomic mass is 9.60. The summed E-state index contributed by atoms with van der Waals surface area (Å²) < 4.78 is 0. The van der Waals surface area contributed by atoms with Crippen molar-refractivity contribution in [1.29, 1.82) is 0 Å². The Morgan fingerprint density at radius 1 is 1.15 bits per heavy atom. The van der Waals surface area contributed by atoms with Gasteiger partial charge in [-0.3, -0.25) is 9.69 Å². The SMILES string of the molecule is O=C(C1CC1)N1CC2(C1)[C@@H](c1ccccc1)[C@@H](CO)N2Cc1cncnc1. The molecule has 3 heterocycles. The van der Waals surface area contributed by atoms with Crippen LogP contribution < -0.4 is 0 Å². The van der Waals surface area contributed by atoms with Gasteiger partial charge in [-0.25, -0.2) is 9.97 Å². The van der Waals surface area contributed by atoms with E-state index >= 15 is 0 Å². The molecule has 27 heavy (non-hydrogen) atoms. The van der Waals surface area contributed by atoms with Crippen LogP contribution in [0.4, 0.5) is 0 Å². The van der Waals surface area contributed by atoms with Crippen molar-refractivity contribution in [1.82, 2.24) is 19.8 Å². The number of likely N-dealkylation sites (tertiary alicyclic amines) is 2. The molecule has 1 aromatic heterocycles. The molecule has 2 aliphatic heterocycles. The molecule has 3 fully saturated rings. The average molecular weight is 364 g/mol. The van der Waals surface area contributed by atoms with Gasteiger partial charge in [0, 0.05) is 55.5 Å². The van der Waals surface area contributed by atoms with Crippen molar-refractivity contribution in [2.75, 3.05) is 19.7 Å². The van der Waals surface area contributed by atoms with Gasteiger partial charge in [-0.15, -0.1) is 0 Å². The molecule has 1 N–H and O–H groups in total. The number of carbonyl (C=O) groups is 1. The van der Waals surface area contributed by atoms with E-state index < -0.39 is 0 Å². The molecule has 0 radical (unpaired) electrons. The Labute approximate surface area is 158 Å². The van der Waals surface area contributed by atoms with Crippen molar-refractivity contribution in [3.05, 3.63) is 60.2 Å². The molecular weight excluding hydrogens is 340 g/mol. The topological polar surface area (TPSA) is 69.6 Å². The summed E-state index contributed by atoms with van der Waals surface area (Å²) in [4.78, 5) is 25.1. The first-order chi connectivity index (χ1) is 13.2. The van der Waals surface area contributed by atoms with Crippen molar-refractivity contribution < 1.29 is 9.90 Å². The minimum absolute atomic E-state index is 0.0470. The number of aromatic nitrogens is 2. The first-order valence-corrected chi connectivity index (χ1v) is 9.68. The van der Waals surface area contributed by atoms with Gasteiger partial charge in [0.1, 0.15) is 6.33 Å². The van der Waals surface area contributed by atoms with E-state index in [-0.39, 0.29) is 30.0 Å². The molecule has 1 saturated carbocycles. The predicted octanol–water partition coefficient (Wildman–Crippen LogP) is 1.43. The third kappa shape index (κ3) is 2.66. The maximum Gasteiger partial charge on any atom is 0.225 e. The molecule has 6 heteroatoms. The summed E-state index contributed by atoms with van der Waals surface area (Å²) in [5.41, 5.74) is 2.18. The number of amides is 1. The van der Waals surface area contributed by atoms with Crippen LogP contribution in [-0.2, 0) is 11.3 Å². The van der Waals surface area contributed by atoms with Crippen molar-refractivity contribution in [2.24, 2.45) is 5.92 Å². The summed E-state index contributed by atoms with van der Waals surface area (Å²) in [5.74, 6) is 0.793. The van der Waals surface area contributed by atoms with Gasteiger partial charge in [0.25, 0.3) is 0 Å². The highest BCUT2D eigenvalue weighted by Gasteiger charge is 2.66. The first-order valence-electron chi connectivity index (χ1n) is 9.68. The number of hydrogen-bond donors (Lipinski definition) is 1. The predicted molar refractivity (Wildman–Crippen MR) is 99.7 cm³/mol. The van der Waals surface area contributed by atoms with Crippen molar-refractivity contribution >= 4 is 5.91 Å². The second-order valence-electron chi connectivity index (χ2n) is 8.09. The average Bonchev–Trinajstić information content (AvgIpc) is 3.50. The van der Waals surface area contributed by atoms with E-state index in [2.05, 4.69) is 39.1 Å². The molecule has 2 atom stereocenters. The third-order valence-electron chi connectivity index (χ3n) is 6.42. The maximum atomic E-state index is 12.5. The minimum Gasteiger partial charge on any atom is -0.395 e. The molecule has 5 rings (SSSR count). The van der Waals surface area contributed by atoms with Gasteiger partial charge in [0.2, 0.25) is 5.91 Å². The van der Waals surface area contributed by atoms with Crippen LogP contribution in [0.5, 0.6) is 0 Å². The van der Waals surface area contributed by atoms with Crippen LogP contribution >= 0.6 is 0 Å². The van der Waals surface area contributed by atoms with E-state index in [1.807, 2.05) is 23.4 Å². The summed E-state index contributed by atoms with van der Waals surface area (Å²) in [5, 5.41) is 10.1. The lowest BCUT2D eigenvalue weighted by molar-refractivity contribution is -0.200. The second-order valence-corrected chi connectivity index (χ2v) is 8.09. The van der Waals surface area contributed by atoms with Crippen LogP contribution in [0.3, 0.4) is 0 Å². The zero-order valence-corrected chi connectivity index (χ0v) is 15.2.